The SMILES string of the molecule is CCCNCC(=CC1CCC1)C(C)C. The Balaban J connectivity index is 2.33. The van der Waals surface area contributed by atoms with E-state index in [1.807, 2.05) is 0 Å². The normalized spacial score (nSPS) is 18.7. The van der Waals surface area contributed by atoms with E-state index >= 15 is 0 Å². The smallest absolute Gasteiger partial charge is 0.0167 e. The van der Waals surface area contributed by atoms with Crippen LogP contribution in [0.5, 0.6) is 0 Å². The molecule has 0 heterocycles. The lowest BCUT2D eigenvalue weighted by Crippen LogP contribution is -2.21. The van der Waals surface area contributed by atoms with Gasteiger partial charge in [-0.1, -0.05) is 38.8 Å². The predicted molar refractivity (Wildman–Crippen MR) is 63.4 cm³/mol. The van der Waals surface area contributed by atoms with Crippen LogP contribution in [-0.4, -0.2) is 13.1 Å². The van der Waals surface area contributed by atoms with E-state index in [4.69, 9.17) is 0 Å². The second-order valence-electron chi connectivity index (χ2n) is 4.76. The van der Waals surface area contributed by atoms with Gasteiger partial charge in [0.25, 0.3) is 0 Å². The van der Waals surface area contributed by atoms with Gasteiger partial charge in [-0.25, -0.2) is 0 Å². The summed E-state index contributed by atoms with van der Waals surface area (Å²) < 4.78 is 0. The molecule has 1 rings (SSSR count). The summed E-state index contributed by atoms with van der Waals surface area (Å²) in [7, 11) is 0. The van der Waals surface area contributed by atoms with Crippen LogP contribution < -0.4 is 5.32 Å². The molecule has 0 spiro atoms. The van der Waals surface area contributed by atoms with Crippen molar-refractivity contribution in [3.05, 3.63) is 11.6 Å². The van der Waals surface area contributed by atoms with Crippen LogP contribution in [0, 0.1) is 11.8 Å². The van der Waals surface area contributed by atoms with Crippen molar-refractivity contribution in [1.29, 1.82) is 0 Å². The summed E-state index contributed by atoms with van der Waals surface area (Å²) in [5.41, 5.74) is 1.61. The molecule has 0 aliphatic heterocycles. The molecule has 0 amide bonds. The van der Waals surface area contributed by atoms with E-state index in [9.17, 15) is 0 Å². The van der Waals surface area contributed by atoms with Crippen LogP contribution >= 0.6 is 0 Å². The predicted octanol–water partition coefficient (Wildman–Crippen LogP) is 3.37. The maximum atomic E-state index is 3.50. The minimum absolute atomic E-state index is 0.708. The molecule has 0 atom stereocenters. The Morgan fingerprint density at radius 3 is 2.57 bits per heavy atom. The highest BCUT2D eigenvalue weighted by Gasteiger charge is 2.16. The van der Waals surface area contributed by atoms with E-state index in [1.54, 1.807) is 5.57 Å². The van der Waals surface area contributed by atoms with Gasteiger partial charge in [0.2, 0.25) is 0 Å². The van der Waals surface area contributed by atoms with Gasteiger partial charge in [-0.05, 0) is 37.6 Å². The third-order valence-corrected chi connectivity index (χ3v) is 3.10. The van der Waals surface area contributed by atoms with Crippen molar-refractivity contribution < 1.29 is 0 Å². The van der Waals surface area contributed by atoms with E-state index in [0.717, 1.165) is 19.0 Å². The summed E-state index contributed by atoms with van der Waals surface area (Å²) in [6, 6.07) is 0. The van der Waals surface area contributed by atoms with Crippen molar-refractivity contribution in [2.75, 3.05) is 13.1 Å². The van der Waals surface area contributed by atoms with Crippen molar-refractivity contribution in [1.82, 2.24) is 5.32 Å². The Morgan fingerprint density at radius 2 is 2.14 bits per heavy atom. The van der Waals surface area contributed by atoms with Crippen molar-refractivity contribution in [3.8, 4) is 0 Å². The Kier molecular flexibility index (Phi) is 5.24. The first-order chi connectivity index (χ1) is 6.74. The summed E-state index contributed by atoms with van der Waals surface area (Å²) in [5.74, 6) is 1.61. The molecule has 1 N–H and O–H groups in total. The maximum Gasteiger partial charge on any atom is 0.0167 e. The minimum Gasteiger partial charge on any atom is -0.313 e. The van der Waals surface area contributed by atoms with Gasteiger partial charge in [0.05, 0.1) is 0 Å². The average molecular weight is 195 g/mol. The van der Waals surface area contributed by atoms with Crippen LogP contribution in [0.3, 0.4) is 0 Å². The summed E-state index contributed by atoms with van der Waals surface area (Å²) in [6.45, 7) is 9.07. The molecule has 0 saturated heterocycles. The highest BCUT2D eigenvalue weighted by atomic mass is 14.8. The lowest BCUT2D eigenvalue weighted by atomic mass is 9.82. The van der Waals surface area contributed by atoms with E-state index in [2.05, 4.69) is 32.2 Å². The van der Waals surface area contributed by atoms with Gasteiger partial charge in [0, 0.05) is 6.54 Å². The molecule has 82 valence electrons. The van der Waals surface area contributed by atoms with Gasteiger partial charge >= 0.3 is 0 Å². The highest BCUT2D eigenvalue weighted by molar-refractivity contribution is 5.10. The Labute approximate surface area is 89.0 Å². The van der Waals surface area contributed by atoms with Crippen LogP contribution in [0.25, 0.3) is 0 Å². The molecule has 1 heteroatoms. The second kappa shape index (κ2) is 6.23. The Bertz CT molecular complexity index is 178. The van der Waals surface area contributed by atoms with Crippen LogP contribution in [-0.2, 0) is 0 Å². The largest absolute Gasteiger partial charge is 0.313 e. The molecular weight excluding hydrogens is 170 g/mol. The number of allylic oxidation sites excluding steroid dienone is 1. The third kappa shape index (κ3) is 3.83. The quantitative estimate of drug-likeness (QED) is 0.506. The third-order valence-electron chi connectivity index (χ3n) is 3.10. The Hall–Kier alpha value is -0.300. The molecule has 0 aromatic heterocycles. The van der Waals surface area contributed by atoms with Crippen molar-refractivity contribution >= 4 is 0 Å². The van der Waals surface area contributed by atoms with E-state index in [-0.39, 0.29) is 0 Å². The molecule has 0 unspecified atom stereocenters. The standard InChI is InChI=1S/C13H25N/c1-4-8-14-10-13(11(2)3)9-12-6-5-7-12/h9,11-12,14H,4-8,10H2,1-3H3. The Morgan fingerprint density at radius 1 is 1.43 bits per heavy atom. The van der Waals surface area contributed by atoms with Gasteiger partial charge in [-0.15, -0.1) is 0 Å². The first kappa shape index (κ1) is 11.8. The second-order valence-corrected chi connectivity index (χ2v) is 4.76. The summed E-state index contributed by atoms with van der Waals surface area (Å²) in [5, 5.41) is 3.50. The van der Waals surface area contributed by atoms with Crippen LogP contribution in [0.15, 0.2) is 11.6 Å². The molecule has 14 heavy (non-hydrogen) atoms. The van der Waals surface area contributed by atoms with Crippen molar-refractivity contribution in [3.63, 3.8) is 0 Å². The first-order valence-corrected chi connectivity index (χ1v) is 6.15. The van der Waals surface area contributed by atoms with Crippen molar-refractivity contribution in [2.24, 2.45) is 11.8 Å². The molecular formula is C13H25N. The van der Waals surface area contributed by atoms with Crippen LogP contribution in [0.1, 0.15) is 46.5 Å². The van der Waals surface area contributed by atoms with Gasteiger partial charge < -0.3 is 5.32 Å². The number of hydrogen-bond acceptors (Lipinski definition) is 1. The van der Waals surface area contributed by atoms with Gasteiger partial charge in [-0.3, -0.25) is 0 Å². The fraction of sp³-hybridized carbons (Fsp3) is 0.846. The van der Waals surface area contributed by atoms with Crippen molar-refractivity contribution in [2.45, 2.75) is 46.5 Å². The fourth-order valence-corrected chi connectivity index (χ4v) is 1.77. The summed E-state index contributed by atoms with van der Waals surface area (Å²) >= 11 is 0. The van der Waals surface area contributed by atoms with Gasteiger partial charge in [-0.2, -0.15) is 0 Å². The fourth-order valence-electron chi connectivity index (χ4n) is 1.77. The molecule has 1 saturated carbocycles. The lowest BCUT2D eigenvalue weighted by molar-refractivity contribution is 0.383. The monoisotopic (exact) mass is 195 g/mol. The zero-order chi connectivity index (χ0) is 10.4. The topological polar surface area (TPSA) is 12.0 Å². The number of nitrogens with one attached hydrogen (secondary N) is 1. The highest BCUT2D eigenvalue weighted by Crippen LogP contribution is 2.29. The van der Waals surface area contributed by atoms with E-state index in [1.165, 1.54) is 25.7 Å². The number of hydrogen-bond donors (Lipinski definition) is 1. The molecule has 0 radical (unpaired) electrons. The summed E-state index contributed by atoms with van der Waals surface area (Å²) in [4.78, 5) is 0. The minimum atomic E-state index is 0.708. The molecule has 0 aromatic rings. The first-order valence-electron chi connectivity index (χ1n) is 6.15. The number of rotatable bonds is 6. The summed E-state index contributed by atoms with van der Waals surface area (Å²) in [6.07, 6.45) is 8.04. The van der Waals surface area contributed by atoms with E-state index < -0.39 is 0 Å². The molecule has 1 nitrogen and oxygen atoms in total. The maximum absolute atomic E-state index is 3.50. The van der Waals surface area contributed by atoms with Gasteiger partial charge in [0.1, 0.15) is 0 Å². The molecule has 1 fully saturated rings. The molecule has 0 aromatic carbocycles. The molecule has 1 aliphatic carbocycles. The van der Waals surface area contributed by atoms with Gasteiger partial charge in [0.15, 0.2) is 0 Å². The zero-order valence-corrected chi connectivity index (χ0v) is 9.97. The zero-order valence-electron chi connectivity index (χ0n) is 9.97. The lowest BCUT2D eigenvalue weighted by Gasteiger charge is -2.24. The molecule has 1 aliphatic rings. The van der Waals surface area contributed by atoms with E-state index in [0.29, 0.717) is 5.92 Å². The average Bonchev–Trinajstić information content (AvgIpc) is 2.07. The van der Waals surface area contributed by atoms with Crippen LogP contribution in [0.2, 0.25) is 0 Å². The van der Waals surface area contributed by atoms with Crippen LogP contribution in [0.4, 0.5) is 0 Å². The molecule has 0 bridgehead atoms.